The Morgan fingerprint density at radius 1 is 1.13 bits per heavy atom. The van der Waals surface area contributed by atoms with Crippen LogP contribution in [0, 0.1) is 10.1 Å². The van der Waals surface area contributed by atoms with Crippen LogP contribution in [0.15, 0.2) is 40.9 Å². The Balaban J connectivity index is 2.04. The van der Waals surface area contributed by atoms with Gasteiger partial charge in [0.1, 0.15) is 5.69 Å². The molecule has 0 saturated carbocycles. The van der Waals surface area contributed by atoms with Gasteiger partial charge < -0.3 is 14.8 Å². The van der Waals surface area contributed by atoms with E-state index in [2.05, 4.69) is 21.2 Å². The van der Waals surface area contributed by atoms with Crippen molar-refractivity contribution in [3.63, 3.8) is 0 Å². The first-order chi connectivity index (χ1) is 11.0. The lowest BCUT2D eigenvalue weighted by Gasteiger charge is -2.11. The average Bonchev–Trinajstić information content (AvgIpc) is 2.55. The van der Waals surface area contributed by atoms with Crippen LogP contribution in [-0.4, -0.2) is 25.7 Å². The van der Waals surface area contributed by atoms with E-state index in [0.29, 0.717) is 34.6 Å². The highest BCUT2D eigenvalue weighted by Crippen LogP contribution is 2.29. The molecule has 1 N–H and O–H groups in total. The Kier molecular flexibility index (Phi) is 5.81. The molecule has 0 amide bonds. The molecule has 0 atom stereocenters. The van der Waals surface area contributed by atoms with Gasteiger partial charge in [0.15, 0.2) is 11.5 Å². The van der Waals surface area contributed by atoms with Gasteiger partial charge in [-0.05, 0) is 36.2 Å². The van der Waals surface area contributed by atoms with Crippen molar-refractivity contribution in [3.05, 3.63) is 56.5 Å². The molecule has 0 aromatic heterocycles. The van der Waals surface area contributed by atoms with Gasteiger partial charge in [-0.15, -0.1) is 0 Å². The van der Waals surface area contributed by atoms with Crippen molar-refractivity contribution in [2.75, 3.05) is 26.1 Å². The minimum Gasteiger partial charge on any atom is -0.493 e. The molecule has 2 aromatic carbocycles. The van der Waals surface area contributed by atoms with E-state index in [1.807, 2.05) is 18.2 Å². The maximum atomic E-state index is 11.1. The van der Waals surface area contributed by atoms with Gasteiger partial charge in [0.05, 0.1) is 19.1 Å². The van der Waals surface area contributed by atoms with E-state index in [-0.39, 0.29) is 5.69 Å². The smallest absolute Gasteiger partial charge is 0.293 e. The summed E-state index contributed by atoms with van der Waals surface area (Å²) in [5.74, 6) is 1.34. The van der Waals surface area contributed by atoms with Crippen molar-refractivity contribution in [1.29, 1.82) is 0 Å². The van der Waals surface area contributed by atoms with Crippen LogP contribution in [0.4, 0.5) is 11.4 Å². The fourth-order valence-corrected chi connectivity index (χ4v) is 2.53. The zero-order valence-electron chi connectivity index (χ0n) is 12.8. The molecule has 122 valence electrons. The first-order valence-electron chi connectivity index (χ1n) is 6.94. The molecule has 23 heavy (non-hydrogen) atoms. The van der Waals surface area contributed by atoms with Gasteiger partial charge in [0.25, 0.3) is 5.69 Å². The summed E-state index contributed by atoms with van der Waals surface area (Å²) in [6, 6.07) is 10.6. The summed E-state index contributed by atoms with van der Waals surface area (Å²) >= 11 is 3.24. The van der Waals surface area contributed by atoms with Crippen LogP contribution in [0.5, 0.6) is 11.5 Å². The number of nitro groups is 1. The molecule has 7 heteroatoms. The number of ether oxygens (including phenoxy) is 2. The summed E-state index contributed by atoms with van der Waals surface area (Å²) in [7, 11) is 3.18. The van der Waals surface area contributed by atoms with Crippen LogP contribution in [0.25, 0.3) is 0 Å². The molecule has 0 radical (unpaired) electrons. The second-order valence-corrected chi connectivity index (χ2v) is 5.70. The number of hydrogen-bond donors (Lipinski definition) is 1. The van der Waals surface area contributed by atoms with E-state index in [1.165, 1.54) is 6.07 Å². The highest BCUT2D eigenvalue weighted by molar-refractivity contribution is 9.10. The van der Waals surface area contributed by atoms with Gasteiger partial charge in [0.2, 0.25) is 0 Å². The fourth-order valence-electron chi connectivity index (χ4n) is 2.18. The Labute approximate surface area is 142 Å². The molecule has 0 unspecified atom stereocenters. The molecular formula is C16H17BrN2O4. The maximum Gasteiger partial charge on any atom is 0.293 e. The summed E-state index contributed by atoms with van der Waals surface area (Å²) in [4.78, 5) is 10.7. The first kappa shape index (κ1) is 17.1. The van der Waals surface area contributed by atoms with E-state index < -0.39 is 4.92 Å². The van der Waals surface area contributed by atoms with Gasteiger partial charge in [-0.1, -0.05) is 22.0 Å². The Bertz CT molecular complexity index is 706. The minimum absolute atomic E-state index is 0.0479. The first-order valence-corrected chi connectivity index (χ1v) is 7.73. The molecule has 2 aromatic rings. The molecule has 0 aliphatic heterocycles. The lowest BCUT2D eigenvalue weighted by atomic mass is 10.1. The summed E-state index contributed by atoms with van der Waals surface area (Å²) in [5.41, 5.74) is 1.60. The quantitative estimate of drug-likeness (QED) is 0.579. The van der Waals surface area contributed by atoms with E-state index in [1.54, 1.807) is 26.4 Å². The van der Waals surface area contributed by atoms with Crippen molar-refractivity contribution < 1.29 is 14.4 Å². The molecule has 0 bridgehead atoms. The maximum absolute atomic E-state index is 11.1. The third-order valence-corrected chi connectivity index (χ3v) is 3.83. The van der Waals surface area contributed by atoms with Gasteiger partial charge in [-0.2, -0.15) is 0 Å². The lowest BCUT2D eigenvalue weighted by Crippen LogP contribution is -2.07. The van der Waals surface area contributed by atoms with Crippen molar-refractivity contribution >= 4 is 27.3 Å². The van der Waals surface area contributed by atoms with Crippen LogP contribution < -0.4 is 14.8 Å². The standard InChI is InChI=1S/C16H17BrN2O4/c1-22-15-6-3-11(9-16(15)23-2)7-8-18-13-5-4-12(17)10-14(13)19(20)21/h3-6,9-10,18H,7-8H2,1-2H3. The highest BCUT2D eigenvalue weighted by atomic mass is 79.9. The number of methoxy groups -OCH3 is 2. The van der Waals surface area contributed by atoms with E-state index >= 15 is 0 Å². The van der Waals surface area contributed by atoms with Gasteiger partial charge >= 0.3 is 0 Å². The molecule has 0 aliphatic rings. The monoisotopic (exact) mass is 380 g/mol. The number of rotatable bonds is 7. The molecular weight excluding hydrogens is 364 g/mol. The average molecular weight is 381 g/mol. The number of nitro benzene ring substituents is 1. The van der Waals surface area contributed by atoms with Crippen LogP contribution in [0.2, 0.25) is 0 Å². The predicted octanol–water partition coefficient (Wildman–Crippen LogP) is 4.03. The second-order valence-electron chi connectivity index (χ2n) is 4.78. The van der Waals surface area contributed by atoms with E-state index in [0.717, 1.165) is 5.56 Å². The molecule has 0 heterocycles. The number of benzene rings is 2. The number of anilines is 1. The Morgan fingerprint density at radius 2 is 1.87 bits per heavy atom. The van der Waals surface area contributed by atoms with Gasteiger partial charge in [-0.3, -0.25) is 10.1 Å². The molecule has 0 spiro atoms. The Hall–Kier alpha value is -2.28. The predicted molar refractivity (Wildman–Crippen MR) is 92.5 cm³/mol. The van der Waals surface area contributed by atoms with E-state index in [4.69, 9.17) is 9.47 Å². The van der Waals surface area contributed by atoms with Crippen molar-refractivity contribution in [1.82, 2.24) is 0 Å². The highest BCUT2D eigenvalue weighted by Gasteiger charge is 2.13. The minimum atomic E-state index is -0.399. The number of hydrogen-bond acceptors (Lipinski definition) is 5. The molecule has 0 saturated heterocycles. The SMILES string of the molecule is COc1ccc(CCNc2ccc(Br)cc2[N+](=O)[O-])cc1OC. The molecule has 0 fully saturated rings. The van der Waals surface area contributed by atoms with Crippen LogP contribution in [-0.2, 0) is 6.42 Å². The van der Waals surface area contributed by atoms with E-state index in [9.17, 15) is 10.1 Å². The van der Waals surface area contributed by atoms with Crippen LogP contribution in [0.1, 0.15) is 5.56 Å². The van der Waals surface area contributed by atoms with Crippen molar-refractivity contribution in [2.24, 2.45) is 0 Å². The zero-order chi connectivity index (χ0) is 16.8. The number of nitrogens with one attached hydrogen (secondary N) is 1. The molecule has 6 nitrogen and oxygen atoms in total. The normalized spacial score (nSPS) is 10.2. The topological polar surface area (TPSA) is 73.6 Å². The summed E-state index contributed by atoms with van der Waals surface area (Å²) in [6.45, 7) is 0.567. The Morgan fingerprint density at radius 3 is 2.52 bits per heavy atom. The lowest BCUT2D eigenvalue weighted by molar-refractivity contribution is -0.384. The zero-order valence-corrected chi connectivity index (χ0v) is 14.4. The summed E-state index contributed by atoms with van der Waals surface area (Å²) in [5, 5.41) is 14.2. The van der Waals surface area contributed by atoms with Gasteiger partial charge in [0, 0.05) is 17.1 Å². The van der Waals surface area contributed by atoms with Crippen molar-refractivity contribution in [2.45, 2.75) is 6.42 Å². The van der Waals surface area contributed by atoms with Gasteiger partial charge in [-0.25, -0.2) is 0 Å². The molecule has 0 aliphatic carbocycles. The largest absolute Gasteiger partial charge is 0.493 e. The second kappa shape index (κ2) is 7.82. The number of halogens is 1. The number of nitrogens with zero attached hydrogens (tertiary/aromatic N) is 1. The van der Waals surface area contributed by atoms with Crippen molar-refractivity contribution in [3.8, 4) is 11.5 Å². The third kappa shape index (κ3) is 4.35. The van der Waals surface area contributed by atoms with Crippen LogP contribution in [0.3, 0.4) is 0 Å². The molecule has 2 rings (SSSR count). The third-order valence-electron chi connectivity index (χ3n) is 3.33. The summed E-state index contributed by atoms with van der Waals surface area (Å²) in [6.07, 6.45) is 0.702. The van der Waals surface area contributed by atoms with Crippen LogP contribution >= 0.6 is 15.9 Å². The fraction of sp³-hybridized carbons (Fsp3) is 0.250. The summed E-state index contributed by atoms with van der Waals surface area (Å²) < 4.78 is 11.1.